The number of anilines is 3. The van der Waals surface area contributed by atoms with E-state index >= 15 is 0 Å². The highest BCUT2D eigenvalue weighted by atomic mass is 35.5. The lowest BCUT2D eigenvalue weighted by molar-refractivity contribution is 0.00610. The lowest BCUT2D eigenvalue weighted by Gasteiger charge is -2.39. The number of rotatable bonds is 8. The van der Waals surface area contributed by atoms with Crippen molar-refractivity contribution in [2.24, 2.45) is 0 Å². The van der Waals surface area contributed by atoms with Crippen molar-refractivity contribution in [1.29, 1.82) is 0 Å². The minimum atomic E-state index is -3.64. The second-order valence-electron chi connectivity index (χ2n) is 10.1. The molecular weight excluding hydrogens is 528 g/mol. The van der Waals surface area contributed by atoms with Crippen LogP contribution in [0.5, 0.6) is 5.75 Å². The first-order valence-electron chi connectivity index (χ1n) is 13.1. The Morgan fingerprint density at radius 1 is 1.08 bits per heavy atom. The van der Waals surface area contributed by atoms with Crippen LogP contribution in [0.2, 0.25) is 5.02 Å². The number of methoxy groups -OCH3 is 1. The summed E-state index contributed by atoms with van der Waals surface area (Å²) in [4.78, 5) is 10.4. The van der Waals surface area contributed by atoms with E-state index in [0.29, 0.717) is 53.1 Å². The van der Waals surface area contributed by atoms with Crippen molar-refractivity contribution in [3.63, 3.8) is 0 Å². The Bertz CT molecular complexity index is 1410. The summed E-state index contributed by atoms with van der Waals surface area (Å²) >= 11 is 6.39. The molecule has 3 aromatic rings. The zero-order valence-electron chi connectivity index (χ0n) is 21.4. The summed E-state index contributed by atoms with van der Waals surface area (Å²) in [7, 11) is -2.11. The molecule has 0 bridgehead atoms. The molecule has 12 heteroatoms. The molecule has 0 unspecified atom stereocenters. The molecule has 3 N–H and O–H groups in total. The summed E-state index contributed by atoms with van der Waals surface area (Å²) in [5, 5.41) is 8.29. The SMILES string of the molecule is COc1cc(S(=O)(=O)N2CCC(N3CCOCC3)CC2)ccc1Nc1cc(NC2CC2)c2c(Cl)c[nH]c2n1. The number of nitrogens with one attached hydrogen (secondary N) is 3. The van der Waals surface area contributed by atoms with Crippen LogP contribution in [0, 0.1) is 0 Å². The number of piperidine rings is 1. The van der Waals surface area contributed by atoms with Crippen LogP contribution in [0.3, 0.4) is 0 Å². The van der Waals surface area contributed by atoms with Crippen LogP contribution < -0.4 is 15.4 Å². The van der Waals surface area contributed by atoms with Crippen LogP contribution in [-0.2, 0) is 14.8 Å². The highest BCUT2D eigenvalue weighted by molar-refractivity contribution is 7.89. The molecule has 4 heterocycles. The molecule has 2 aliphatic heterocycles. The quantitative estimate of drug-likeness (QED) is 0.379. The smallest absolute Gasteiger partial charge is 0.243 e. The van der Waals surface area contributed by atoms with Gasteiger partial charge in [-0.05, 0) is 37.8 Å². The summed E-state index contributed by atoms with van der Waals surface area (Å²) in [6.07, 6.45) is 5.63. The third-order valence-electron chi connectivity index (χ3n) is 7.59. The number of halogens is 1. The zero-order chi connectivity index (χ0) is 26.3. The first kappa shape index (κ1) is 25.7. The van der Waals surface area contributed by atoms with E-state index in [2.05, 4.69) is 25.5 Å². The van der Waals surface area contributed by atoms with Crippen LogP contribution in [0.4, 0.5) is 17.2 Å². The number of fused-ring (bicyclic) bond motifs is 1. The van der Waals surface area contributed by atoms with Crippen molar-refractivity contribution >= 4 is 49.9 Å². The number of benzene rings is 1. The van der Waals surface area contributed by atoms with Gasteiger partial charge in [0.2, 0.25) is 10.0 Å². The number of nitrogens with zero attached hydrogens (tertiary/aromatic N) is 3. The molecule has 10 nitrogen and oxygen atoms in total. The number of aromatic amines is 1. The van der Waals surface area contributed by atoms with Crippen LogP contribution in [0.1, 0.15) is 25.7 Å². The number of H-pyrrole nitrogens is 1. The van der Waals surface area contributed by atoms with E-state index in [0.717, 1.165) is 63.1 Å². The predicted molar refractivity (Wildman–Crippen MR) is 148 cm³/mol. The standard InChI is InChI=1S/C26H33ClN6O4S/c1-36-23-14-19(38(34,35)33-8-6-18(7-9-33)32-10-12-37-13-11-32)4-5-21(23)30-24-15-22(29-17-2-3-17)25-20(27)16-28-26(25)31-24/h4-5,14-18H,2-3,6-13H2,1H3,(H3,28,29,30,31). The minimum absolute atomic E-state index is 0.223. The summed E-state index contributed by atoms with van der Waals surface area (Å²) in [6.45, 7) is 4.34. The first-order chi connectivity index (χ1) is 18.4. The molecule has 3 aliphatic rings. The number of morpholine rings is 1. The van der Waals surface area contributed by atoms with Gasteiger partial charge in [-0.1, -0.05) is 11.6 Å². The van der Waals surface area contributed by atoms with Crippen molar-refractivity contribution < 1.29 is 17.9 Å². The summed E-state index contributed by atoms with van der Waals surface area (Å²) in [6, 6.07) is 7.71. The average molecular weight is 561 g/mol. The largest absolute Gasteiger partial charge is 0.495 e. The predicted octanol–water partition coefficient (Wildman–Crippen LogP) is 4.03. The molecule has 0 radical (unpaired) electrons. The van der Waals surface area contributed by atoms with Crippen molar-refractivity contribution in [1.82, 2.24) is 19.2 Å². The number of sulfonamides is 1. The Hall–Kier alpha value is -2.57. The van der Waals surface area contributed by atoms with Crippen molar-refractivity contribution in [3.8, 4) is 5.75 Å². The van der Waals surface area contributed by atoms with Gasteiger partial charge >= 0.3 is 0 Å². The Labute approximate surface area is 227 Å². The fourth-order valence-corrected chi connectivity index (χ4v) is 7.06. The van der Waals surface area contributed by atoms with Crippen LogP contribution >= 0.6 is 11.6 Å². The van der Waals surface area contributed by atoms with E-state index in [-0.39, 0.29) is 4.90 Å². The highest BCUT2D eigenvalue weighted by Crippen LogP contribution is 2.37. The summed E-state index contributed by atoms with van der Waals surface area (Å²) < 4.78 is 39.6. The third kappa shape index (κ3) is 5.17. The van der Waals surface area contributed by atoms with Gasteiger partial charge in [0.25, 0.3) is 0 Å². The lowest BCUT2D eigenvalue weighted by atomic mass is 10.0. The van der Waals surface area contributed by atoms with Gasteiger partial charge in [0.1, 0.15) is 17.2 Å². The van der Waals surface area contributed by atoms with Crippen LogP contribution in [0.15, 0.2) is 35.4 Å². The second-order valence-corrected chi connectivity index (χ2v) is 12.4. The molecule has 1 aromatic carbocycles. The number of hydrogen-bond acceptors (Lipinski definition) is 8. The molecular formula is C26H33ClN6O4S. The number of pyridine rings is 1. The van der Waals surface area contributed by atoms with Gasteiger partial charge < -0.3 is 25.1 Å². The van der Waals surface area contributed by atoms with E-state index in [1.165, 1.54) is 7.11 Å². The topological polar surface area (TPSA) is 112 Å². The van der Waals surface area contributed by atoms with E-state index < -0.39 is 10.0 Å². The Kier molecular flexibility index (Phi) is 7.12. The Morgan fingerprint density at radius 2 is 1.84 bits per heavy atom. The Balaban J connectivity index is 1.20. The summed E-state index contributed by atoms with van der Waals surface area (Å²) in [5.74, 6) is 1.02. The van der Waals surface area contributed by atoms with Gasteiger partial charge in [0, 0.05) is 56.6 Å². The first-order valence-corrected chi connectivity index (χ1v) is 15.0. The number of ether oxygens (including phenoxy) is 2. The molecule has 0 atom stereocenters. The fourth-order valence-electron chi connectivity index (χ4n) is 5.33. The molecule has 2 aromatic heterocycles. The van der Waals surface area contributed by atoms with E-state index in [9.17, 15) is 8.42 Å². The zero-order valence-corrected chi connectivity index (χ0v) is 22.9. The van der Waals surface area contributed by atoms with Crippen molar-refractivity contribution in [2.45, 2.75) is 42.7 Å². The van der Waals surface area contributed by atoms with Gasteiger partial charge in [-0.3, -0.25) is 4.90 Å². The van der Waals surface area contributed by atoms with Crippen LogP contribution in [-0.4, -0.2) is 86.2 Å². The molecule has 3 fully saturated rings. The molecule has 6 rings (SSSR count). The van der Waals surface area contributed by atoms with Crippen molar-refractivity contribution in [2.75, 3.05) is 57.1 Å². The molecule has 38 heavy (non-hydrogen) atoms. The fraction of sp³-hybridized carbons (Fsp3) is 0.500. The van der Waals surface area contributed by atoms with E-state index in [1.54, 1.807) is 28.7 Å². The van der Waals surface area contributed by atoms with E-state index in [4.69, 9.17) is 21.1 Å². The molecule has 1 aliphatic carbocycles. The third-order valence-corrected chi connectivity index (χ3v) is 9.78. The van der Waals surface area contributed by atoms with E-state index in [1.807, 2.05) is 6.07 Å². The van der Waals surface area contributed by atoms with Crippen molar-refractivity contribution in [3.05, 3.63) is 35.5 Å². The van der Waals surface area contributed by atoms with Gasteiger partial charge in [-0.25, -0.2) is 13.4 Å². The molecule has 1 saturated carbocycles. The molecule has 2 saturated heterocycles. The maximum absolute atomic E-state index is 13.5. The maximum Gasteiger partial charge on any atom is 0.243 e. The number of aromatic nitrogens is 2. The highest BCUT2D eigenvalue weighted by Gasteiger charge is 2.32. The minimum Gasteiger partial charge on any atom is -0.495 e. The van der Waals surface area contributed by atoms with Crippen LogP contribution in [0.25, 0.3) is 11.0 Å². The maximum atomic E-state index is 13.5. The normalized spacial score (nSPS) is 20.1. The van der Waals surface area contributed by atoms with Gasteiger partial charge in [-0.15, -0.1) is 0 Å². The van der Waals surface area contributed by atoms with Gasteiger partial charge in [-0.2, -0.15) is 4.31 Å². The average Bonchev–Trinajstić information content (AvgIpc) is 3.68. The molecule has 204 valence electrons. The monoisotopic (exact) mass is 560 g/mol. The molecule has 0 spiro atoms. The summed E-state index contributed by atoms with van der Waals surface area (Å²) in [5.41, 5.74) is 2.20. The van der Waals surface area contributed by atoms with Gasteiger partial charge in [0.15, 0.2) is 0 Å². The lowest BCUT2D eigenvalue weighted by Crippen LogP contribution is -2.50. The number of hydrogen-bond donors (Lipinski definition) is 3. The Morgan fingerprint density at radius 3 is 2.55 bits per heavy atom. The van der Waals surface area contributed by atoms with Gasteiger partial charge in [0.05, 0.1) is 47.0 Å². The second kappa shape index (κ2) is 10.5. The molecule has 0 amide bonds.